The van der Waals surface area contributed by atoms with Gasteiger partial charge < -0.3 is 14.4 Å². The van der Waals surface area contributed by atoms with Gasteiger partial charge >= 0.3 is 6.61 Å². The normalized spacial score (nSPS) is 15.1. The summed E-state index contributed by atoms with van der Waals surface area (Å²) in [6, 6.07) is 14.2. The summed E-state index contributed by atoms with van der Waals surface area (Å²) in [6.45, 7) is -1.37. The van der Waals surface area contributed by atoms with Crippen molar-refractivity contribution in [3.8, 4) is 11.5 Å². The van der Waals surface area contributed by atoms with Gasteiger partial charge in [0, 0.05) is 18.7 Å². The number of alkyl halides is 2. The van der Waals surface area contributed by atoms with Crippen LogP contribution in [-0.4, -0.2) is 19.1 Å². The number of halogens is 2. The fourth-order valence-electron chi connectivity index (χ4n) is 2.62. The van der Waals surface area contributed by atoms with E-state index in [1.54, 1.807) is 17.0 Å². The zero-order valence-corrected chi connectivity index (χ0v) is 13.0. The number of carbonyl (C=O) groups is 1. The lowest BCUT2D eigenvalue weighted by Gasteiger charge is -2.15. The lowest BCUT2D eigenvalue weighted by Crippen LogP contribution is -2.23. The summed E-state index contributed by atoms with van der Waals surface area (Å²) < 4.78 is 33.2. The van der Waals surface area contributed by atoms with Crippen molar-refractivity contribution < 1.29 is 23.0 Å². The highest BCUT2D eigenvalue weighted by Gasteiger charge is 2.21. The molecule has 2 bridgehead atoms. The fourth-order valence-corrected chi connectivity index (χ4v) is 2.62. The molecule has 4 nitrogen and oxygen atoms in total. The standard InChI is InChI=1S/C11H11F2NO2.C7H6O/c12-11(13)16-9-5-3-8(4-6-9)14-7-1-2-10(14)15;1-2-6-4-7(3-1)8-5-6/h3-6,11H,1-2,7H2;1-4H,5H2. The molecule has 6 heteroatoms. The average Bonchev–Trinajstić information content (AvgIpc) is 3.14. The minimum Gasteiger partial charge on any atom is -0.489 e. The summed E-state index contributed by atoms with van der Waals surface area (Å²) in [5.74, 6) is 1.18. The number of rotatable bonds is 3. The van der Waals surface area contributed by atoms with Gasteiger partial charge in [-0.15, -0.1) is 0 Å². The van der Waals surface area contributed by atoms with Gasteiger partial charge in [-0.2, -0.15) is 8.78 Å². The summed E-state index contributed by atoms with van der Waals surface area (Å²) in [7, 11) is 0. The molecule has 2 aromatic rings. The molecule has 1 amide bonds. The Labute approximate surface area is 138 Å². The lowest BCUT2D eigenvalue weighted by molar-refractivity contribution is -0.117. The smallest absolute Gasteiger partial charge is 0.387 e. The van der Waals surface area contributed by atoms with Gasteiger partial charge in [0.05, 0.1) is 0 Å². The van der Waals surface area contributed by atoms with Crippen molar-refractivity contribution in [1.82, 2.24) is 0 Å². The van der Waals surface area contributed by atoms with E-state index in [1.165, 1.54) is 17.7 Å². The van der Waals surface area contributed by atoms with E-state index in [-0.39, 0.29) is 11.7 Å². The average molecular weight is 333 g/mol. The zero-order valence-electron chi connectivity index (χ0n) is 13.0. The minimum atomic E-state index is -2.82. The Kier molecular flexibility index (Phi) is 4.93. The van der Waals surface area contributed by atoms with Gasteiger partial charge in [-0.05, 0) is 48.4 Å². The number of ether oxygens (including phenoxy) is 2. The van der Waals surface area contributed by atoms with Gasteiger partial charge in [-0.1, -0.05) is 12.1 Å². The largest absolute Gasteiger partial charge is 0.489 e. The van der Waals surface area contributed by atoms with Crippen LogP contribution in [0, 0.1) is 0 Å². The van der Waals surface area contributed by atoms with Crippen LogP contribution in [-0.2, 0) is 11.4 Å². The number of hydrogen-bond donors (Lipinski definition) is 0. The van der Waals surface area contributed by atoms with Crippen molar-refractivity contribution >= 4 is 11.6 Å². The molecule has 0 unspecified atom stereocenters. The number of benzene rings is 2. The summed E-state index contributed by atoms with van der Waals surface area (Å²) in [4.78, 5) is 13.1. The molecule has 2 heterocycles. The highest BCUT2D eigenvalue weighted by atomic mass is 19.3. The summed E-state index contributed by atoms with van der Waals surface area (Å²) in [5.41, 5.74) is 2.01. The molecule has 0 N–H and O–H groups in total. The molecule has 126 valence electrons. The highest BCUT2D eigenvalue weighted by molar-refractivity contribution is 5.95. The third kappa shape index (κ3) is 4.01. The molecular weight excluding hydrogens is 316 g/mol. The SMILES string of the molecule is O=C1CCCN1c1ccc(OC(F)F)cc1.c1cc2cc(c1)OC2. The molecule has 0 aliphatic carbocycles. The monoisotopic (exact) mass is 333 g/mol. The molecule has 0 spiro atoms. The Morgan fingerprint density at radius 2 is 1.92 bits per heavy atom. The predicted octanol–water partition coefficient (Wildman–Crippen LogP) is 3.99. The molecule has 2 aromatic carbocycles. The van der Waals surface area contributed by atoms with Crippen molar-refractivity contribution in [1.29, 1.82) is 0 Å². The van der Waals surface area contributed by atoms with Crippen LogP contribution in [0.4, 0.5) is 14.5 Å². The molecule has 0 saturated carbocycles. The van der Waals surface area contributed by atoms with E-state index in [0.717, 1.165) is 24.5 Å². The Balaban J connectivity index is 0.000000175. The third-order valence-corrected chi connectivity index (χ3v) is 3.75. The first-order chi connectivity index (χ1) is 11.6. The molecule has 4 rings (SSSR count). The van der Waals surface area contributed by atoms with E-state index in [4.69, 9.17) is 4.74 Å². The van der Waals surface area contributed by atoms with E-state index >= 15 is 0 Å². The minimum absolute atomic E-state index is 0.0718. The predicted molar refractivity (Wildman–Crippen MR) is 85.4 cm³/mol. The van der Waals surface area contributed by atoms with Crippen molar-refractivity contribution in [2.75, 3.05) is 11.4 Å². The zero-order chi connectivity index (χ0) is 16.9. The van der Waals surface area contributed by atoms with E-state index in [1.807, 2.05) is 12.1 Å². The Hall–Kier alpha value is -2.63. The molecule has 1 fully saturated rings. The molecule has 0 radical (unpaired) electrons. The summed E-state index contributed by atoms with van der Waals surface area (Å²) >= 11 is 0. The van der Waals surface area contributed by atoms with Crippen LogP contribution in [0.1, 0.15) is 18.4 Å². The molecule has 1 saturated heterocycles. The van der Waals surface area contributed by atoms with Crippen LogP contribution in [0.25, 0.3) is 0 Å². The van der Waals surface area contributed by atoms with Crippen molar-refractivity contribution in [3.63, 3.8) is 0 Å². The molecule has 0 aromatic heterocycles. The van der Waals surface area contributed by atoms with Gasteiger partial charge in [0.25, 0.3) is 0 Å². The van der Waals surface area contributed by atoms with Crippen LogP contribution < -0.4 is 14.4 Å². The van der Waals surface area contributed by atoms with Crippen LogP contribution in [0.3, 0.4) is 0 Å². The Morgan fingerprint density at radius 1 is 1.12 bits per heavy atom. The molecule has 24 heavy (non-hydrogen) atoms. The quantitative estimate of drug-likeness (QED) is 0.852. The summed E-state index contributed by atoms with van der Waals surface area (Å²) in [6.07, 6.45) is 1.39. The maximum Gasteiger partial charge on any atom is 0.387 e. The van der Waals surface area contributed by atoms with Crippen molar-refractivity contribution in [2.24, 2.45) is 0 Å². The topological polar surface area (TPSA) is 38.8 Å². The Bertz CT molecular complexity index is 684. The van der Waals surface area contributed by atoms with E-state index in [9.17, 15) is 13.6 Å². The molecule has 2 aliphatic rings. The number of carbonyl (C=O) groups excluding carboxylic acids is 1. The first kappa shape index (κ1) is 16.2. The maximum atomic E-state index is 11.9. The molecule has 2 aliphatic heterocycles. The number of nitrogens with zero attached hydrogens (tertiary/aromatic N) is 1. The lowest BCUT2D eigenvalue weighted by atomic mass is 10.2. The first-order valence-corrected chi connectivity index (χ1v) is 7.69. The maximum absolute atomic E-state index is 11.9. The third-order valence-electron chi connectivity index (χ3n) is 3.75. The van der Waals surface area contributed by atoms with Gasteiger partial charge in [-0.25, -0.2) is 0 Å². The van der Waals surface area contributed by atoms with Gasteiger partial charge in [-0.3, -0.25) is 4.79 Å². The van der Waals surface area contributed by atoms with E-state index in [2.05, 4.69) is 16.9 Å². The van der Waals surface area contributed by atoms with Crippen molar-refractivity contribution in [3.05, 3.63) is 54.1 Å². The second-order valence-corrected chi connectivity index (χ2v) is 5.46. The number of amides is 1. The molecular formula is C18H17F2NO3. The first-order valence-electron chi connectivity index (χ1n) is 7.69. The van der Waals surface area contributed by atoms with Gasteiger partial charge in [0.1, 0.15) is 18.1 Å². The van der Waals surface area contributed by atoms with Crippen LogP contribution >= 0.6 is 0 Å². The van der Waals surface area contributed by atoms with Crippen LogP contribution in [0.5, 0.6) is 11.5 Å². The number of anilines is 1. The Morgan fingerprint density at radius 3 is 2.50 bits per heavy atom. The fraction of sp³-hybridized carbons (Fsp3) is 0.278. The number of fused-ring (bicyclic) bond motifs is 2. The van der Waals surface area contributed by atoms with Crippen LogP contribution in [0.15, 0.2) is 48.5 Å². The highest BCUT2D eigenvalue weighted by Crippen LogP contribution is 2.24. The van der Waals surface area contributed by atoms with Gasteiger partial charge in [0.15, 0.2) is 0 Å². The second-order valence-electron chi connectivity index (χ2n) is 5.46. The number of hydrogen-bond acceptors (Lipinski definition) is 3. The molecule has 0 atom stereocenters. The van der Waals surface area contributed by atoms with Crippen molar-refractivity contribution in [2.45, 2.75) is 26.1 Å². The van der Waals surface area contributed by atoms with E-state index < -0.39 is 6.61 Å². The van der Waals surface area contributed by atoms with E-state index in [0.29, 0.717) is 13.0 Å². The van der Waals surface area contributed by atoms with Gasteiger partial charge in [0.2, 0.25) is 5.91 Å². The van der Waals surface area contributed by atoms with Crippen LogP contribution in [0.2, 0.25) is 0 Å². The summed E-state index contributed by atoms with van der Waals surface area (Å²) in [5, 5.41) is 0. The second kappa shape index (κ2) is 7.29.